The molecule has 0 spiro atoms. The maximum absolute atomic E-state index is 3.77. The first kappa shape index (κ1) is 12.2. The molecule has 0 aliphatic carbocycles. The van der Waals surface area contributed by atoms with Gasteiger partial charge in [-0.3, -0.25) is 0 Å². The van der Waals surface area contributed by atoms with Gasteiger partial charge in [0.05, 0.1) is 5.54 Å². The Morgan fingerprint density at radius 2 is 1.71 bits per heavy atom. The molecule has 17 heavy (non-hydrogen) atoms. The summed E-state index contributed by atoms with van der Waals surface area (Å²) in [6.07, 6.45) is 7.32. The van der Waals surface area contributed by atoms with Gasteiger partial charge in [0.25, 0.3) is 0 Å². The Morgan fingerprint density at radius 1 is 1.06 bits per heavy atom. The van der Waals surface area contributed by atoms with Crippen LogP contribution >= 0.6 is 0 Å². The molecule has 1 heterocycles. The summed E-state index contributed by atoms with van der Waals surface area (Å²) in [5, 5.41) is 3.77. The van der Waals surface area contributed by atoms with Crippen molar-refractivity contribution in [1.82, 2.24) is 0 Å². The van der Waals surface area contributed by atoms with E-state index in [0.29, 0.717) is 0 Å². The van der Waals surface area contributed by atoms with Crippen LogP contribution < -0.4 is 5.32 Å². The molecule has 1 aromatic carbocycles. The number of benzene rings is 1. The third kappa shape index (κ3) is 2.38. The van der Waals surface area contributed by atoms with E-state index in [9.17, 15) is 0 Å². The van der Waals surface area contributed by atoms with Gasteiger partial charge in [0, 0.05) is 11.3 Å². The standard InChI is InChI=1S/C16H23N/c1-4-10-16(11-5-2)12-13(3)14-8-6-7-9-15(14)17-16/h6-9,12,17H,4-5,10-11H2,1-3H3. The van der Waals surface area contributed by atoms with E-state index in [1.165, 1.54) is 42.5 Å². The second-order valence-electron chi connectivity index (χ2n) is 5.15. The van der Waals surface area contributed by atoms with Gasteiger partial charge in [-0.2, -0.15) is 0 Å². The van der Waals surface area contributed by atoms with E-state index in [4.69, 9.17) is 0 Å². The first-order valence-electron chi connectivity index (χ1n) is 6.78. The Labute approximate surface area is 105 Å². The number of anilines is 1. The lowest BCUT2D eigenvalue weighted by Crippen LogP contribution is -2.38. The first-order chi connectivity index (χ1) is 8.21. The fourth-order valence-corrected chi connectivity index (χ4v) is 3.02. The monoisotopic (exact) mass is 229 g/mol. The largest absolute Gasteiger partial charge is 0.376 e. The molecule has 1 aromatic rings. The van der Waals surface area contributed by atoms with E-state index < -0.39 is 0 Å². The summed E-state index contributed by atoms with van der Waals surface area (Å²) in [5.74, 6) is 0. The van der Waals surface area contributed by atoms with Gasteiger partial charge in [-0.1, -0.05) is 51.0 Å². The molecule has 1 nitrogen and oxygen atoms in total. The first-order valence-corrected chi connectivity index (χ1v) is 6.78. The Bertz CT molecular complexity index is 411. The highest BCUT2D eigenvalue weighted by Crippen LogP contribution is 2.37. The van der Waals surface area contributed by atoms with E-state index in [-0.39, 0.29) is 5.54 Å². The van der Waals surface area contributed by atoms with Crippen molar-refractivity contribution < 1.29 is 0 Å². The number of para-hydroxylation sites is 1. The number of hydrogen-bond acceptors (Lipinski definition) is 1. The lowest BCUT2D eigenvalue weighted by molar-refractivity contribution is 0.474. The summed E-state index contributed by atoms with van der Waals surface area (Å²) in [6.45, 7) is 6.77. The molecule has 2 rings (SSSR count). The van der Waals surface area contributed by atoms with E-state index >= 15 is 0 Å². The van der Waals surface area contributed by atoms with Crippen LogP contribution in [0.1, 0.15) is 52.0 Å². The van der Waals surface area contributed by atoms with Crippen molar-refractivity contribution in [2.75, 3.05) is 5.32 Å². The number of allylic oxidation sites excluding steroid dienone is 1. The fraction of sp³-hybridized carbons (Fsp3) is 0.500. The Hall–Kier alpha value is -1.24. The molecule has 0 aromatic heterocycles. The van der Waals surface area contributed by atoms with Gasteiger partial charge in [-0.05, 0) is 31.4 Å². The number of fused-ring (bicyclic) bond motifs is 1. The number of rotatable bonds is 4. The molecule has 0 radical (unpaired) electrons. The molecule has 1 heteroatoms. The van der Waals surface area contributed by atoms with Crippen LogP contribution in [0.15, 0.2) is 30.3 Å². The van der Waals surface area contributed by atoms with Crippen molar-refractivity contribution in [3.05, 3.63) is 35.9 Å². The van der Waals surface area contributed by atoms with Crippen molar-refractivity contribution in [3.8, 4) is 0 Å². The zero-order valence-electron chi connectivity index (χ0n) is 11.2. The van der Waals surface area contributed by atoms with Crippen LogP contribution in [0.3, 0.4) is 0 Å². The molecule has 1 aliphatic rings. The minimum absolute atomic E-state index is 0.182. The van der Waals surface area contributed by atoms with Crippen LogP contribution in [-0.2, 0) is 0 Å². The molecule has 1 N–H and O–H groups in total. The van der Waals surface area contributed by atoms with Gasteiger partial charge >= 0.3 is 0 Å². The highest BCUT2D eigenvalue weighted by Gasteiger charge is 2.29. The Kier molecular flexibility index (Phi) is 3.56. The smallest absolute Gasteiger partial charge is 0.0562 e. The fourth-order valence-electron chi connectivity index (χ4n) is 3.02. The summed E-state index contributed by atoms with van der Waals surface area (Å²) >= 11 is 0. The molecule has 0 unspecified atom stereocenters. The van der Waals surface area contributed by atoms with E-state index in [0.717, 1.165) is 0 Å². The minimum Gasteiger partial charge on any atom is -0.376 e. The van der Waals surface area contributed by atoms with Crippen molar-refractivity contribution in [2.45, 2.75) is 52.0 Å². The Balaban J connectivity index is 2.38. The zero-order chi connectivity index (χ0) is 12.3. The van der Waals surface area contributed by atoms with Gasteiger partial charge in [-0.25, -0.2) is 0 Å². The molecular formula is C16H23N. The second-order valence-corrected chi connectivity index (χ2v) is 5.15. The zero-order valence-corrected chi connectivity index (χ0v) is 11.2. The normalized spacial score (nSPS) is 17.0. The average molecular weight is 229 g/mol. The molecule has 0 atom stereocenters. The summed E-state index contributed by atoms with van der Waals surface area (Å²) < 4.78 is 0. The SMILES string of the molecule is CCCC1(CCC)C=C(C)c2ccccc2N1. The number of hydrogen-bond donors (Lipinski definition) is 1. The highest BCUT2D eigenvalue weighted by atomic mass is 15.0. The van der Waals surface area contributed by atoms with E-state index in [2.05, 4.69) is 56.4 Å². The third-order valence-corrected chi connectivity index (χ3v) is 3.62. The van der Waals surface area contributed by atoms with Crippen LogP contribution in [0.5, 0.6) is 0 Å². The molecular weight excluding hydrogens is 206 g/mol. The van der Waals surface area contributed by atoms with Crippen molar-refractivity contribution >= 4 is 11.3 Å². The quantitative estimate of drug-likeness (QED) is 0.778. The molecule has 0 saturated heterocycles. The van der Waals surface area contributed by atoms with Crippen LogP contribution in [0, 0.1) is 0 Å². The van der Waals surface area contributed by atoms with Gasteiger partial charge in [-0.15, -0.1) is 0 Å². The van der Waals surface area contributed by atoms with Crippen LogP contribution in [0.4, 0.5) is 5.69 Å². The van der Waals surface area contributed by atoms with Gasteiger partial charge in [0.15, 0.2) is 0 Å². The minimum atomic E-state index is 0.182. The molecule has 0 bridgehead atoms. The maximum atomic E-state index is 3.77. The van der Waals surface area contributed by atoms with Crippen LogP contribution in [-0.4, -0.2) is 5.54 Å². The highest BCUT2D eigenvalue weighted by molar-refractivity contribution is 5.80. The Morgan fingerprint density at radius 3 is 2.35 bits per heavy atom. The van der Waals surface area contributed by atoms with Crippen molar-refractivity contribution in [3.63, 3.8) is 0 Å². The predicted molar refractivity (Wildman–Crippen MR) is 76.3 cm³/mol. The lowest BCUT2D eigenvalue weighted by Gasteiger charge is -2.38. The van der Waals surface area contributed by atoms with Crippen molar-refractivity contribution in [1.29, 1.82) is 0 Å². The van der Waals surface area contributed by atoms with E-state index in [1.807, 2.05) is 0 Å². The molecule has 1 aliphatic heterocycles. The molecule has 0 saturated carbocycles. The van der Waals surface area contributed by atoms with Gasteiger partial charge in [0.1, 0.15) is 0 Å². The summed E-state index contributed by atoms with van der Waals surface area (Å²) in [5.41, 5.74) is 4.26. The molecule has 92 valence electrons. The number of nitrogens with one attached hydrogen (secondary N) is 1. The summed E-state index contributed by atoms with van der Waals surface area (Å²) in [7, 11) is 0. The topological polar surface area (TPSA) is 12.0 Å². The third-order valence-electron chi connectivity index (χ3n) is 3.62. The van der Waals surface area contributed by atoms with Crippen LogP contribution in [0.2, 0.25) is 0 Å². The average Bonchev–Trinajstić information content (AvgIpc) is 2.29. The summed E-state index contributed by atoms with van der Waals surface area (Å²) in [4.78, 5) is 0. The van der Waals surface area contributed by atoms with E-state index in [1.54, 1.807) is 0 Å². The molecule has 0 amide bonds. The molecule has 0 fully saturated rings. The van der Waals surface area contributed by atoms with Gasteiger partial charge in [0.2, 0.25) is 0 Å². The maximum Gasteiger partial charge on any atom is 0.0562 e. The van der Waals surface area contributed by atoms with Crippen LogP contribution in [0.25, 0.3) is 5.57 Å². The lowest BCUT2D eigenvalue weighted by atomic mass is 9.82. The predicted octanol–water partition coefficient (Wildman–Crippen LogP) is 4.85. The summed E-state index contributed by atoms with van der Waals surface area (Å²) in [6, 6.07) is 8.64. The van der Waals surface area contributed by atoms with Gasteiger partial charge < -0.3 is 5.32 Å². The second kappa shape index (κ2) is 4.95. The van der Waals surface area contributed by atoms with Crippen molar-refractivity contribution in [2.24, 2.45) is 0 Å².